The molecule has 0 amide bonds. The smallest absolute Gasteiger partial charge is 0.176 e. The molecule has 2 N–H and O–H groups in total. The maximum atomic E-state index is 9.91. The summed E-state index contributed by atoms with van der Waals surface area (Å²) in [5.41, 5.74) is 0. The molecule has 0 aliphatic rings. The molecule has 2 atom stereocenters. The van der Waals surface area contributed by atoms with Crippen LogP contribution in [-0.4, -0.2) is 22.4 Å². The maximum Gasteiger partial charge on any atom is 0.176 e. The second-order valence-corrected chi connectivity index (χ2v) is 13.3. The van der Waals surface area contributed by atoms with Crippen LogP contribution in [0.25, 0.3) is 0 Å². The molecule has 0 aromatic heterocycles. The highest BCUT2D eigenvalue weighted by atomic mass is 16.3. The Morgan fingerprint density at radius 1 is 0.408 bits per heavy atom. The van der Waals surface area contributed by atoms with E-state index in [4.69, 9.17) is 12.8 Å². The molecule has 0 spiro atoms. The van der Waals surface area contributed by atoms with Gasteiger partial charge in [-0.1, -0.05) is 155 Å². The van der Waals surface area contributed by atoms with Crippen LogP contribution in [0.5, 0.6) is 0 Å². The molecule has 0 radical (unpaired) electrons. The summed E-state index contributed by atoms with van der Waals surface area (Å²) in [6.07, 6.45) is 61.4. The van der Waals surface area contributed by atoms with Crippen molar-refractivity contribution in [2.75, 3.05) is 0 Å². The van der Waals surface area contributed by atoms with Crippen LogP contribution in [0.4, 0.5) is 0 Å². The van der Waals surface area contributed by atoms with E-state index < -0.39 is 12.2 Å². The van der Waals surface area contributed by atoms with Gasteiger partial charge in [-0.2, -0.15) is 0 Å². The number of allylic oxidation sites excluding steroid dienone is 7. The fourth-order valence-electron chi connectivity index (χ4n) is 5.58. The lowest BCUT2D eigenvalue weighted by Crippen LogP contribution is -1.97. The lowest BCUT2D eigenvalue weighted by molar-refractivity contribution is 0.280. The summed E-state index contributed by atoms with van der Waals surface area (Å²) in [7, 11) is 0. The second-order valence-electron chi connectivity index (χ2n) is 13.3. The first-order chi connectivity index (χ1) is 24.2. The minimum atomic E-state index is -0.831. The number of aliphatic hydroxyl groups is 2. The third-order valence-corrected chi connectivity index (χ3v) is 8.59. The van der Waals surface area contributed by atoms with Crippen molar-refractivity contribution in [1.29, 1.82) is 0 Å². The van der Waals surface area contributed by atoms with Crippen molar-refractivity contribution in [2.24, 2.45) is 0 Å². The summed E-state index contributed by atoms with van der Waals surface area (Å²) in [5, 5.41) is 19.2. The van der Waals surface area contributed by atoms with Gasteiger partial charge in [0.05, 0.1) is 0 Å². The molecular formula is C47H72O2. The fourth-order valence-corrected chi connectivity index (χ4v) is 5.58. The zero-order valence-corrected chi connectivity index (χ0v) is 31.3. The van der Waals surface area contributed by atoms with Crippen molar-refractivity contribution in [3.05, 3.63) is 48.6 Å². The Kier molecular flexibility index (Phi) is 38.9. The van der Waals surface area contributed by atoms with Crippen molar-refractivity contribution in [2.45, 2.75) is 198 Å². The molecule has 0 aromatic carbocycles. The molecule has 2 nitrogen and oxygen atoms in total. The van der Waals surface area contributed by atoms with Gasteiger partial charge in [0.2, 0.25) is 0 Å². The monoisotopic (exact) mass is 669 g/mol. The quantitative estimate of drug-likeness (QED) is 0.0425. The zero-order valence-electron chi connectivity index (χ0n) is 31.3. The van der Waals surface area contributed by atoms with Crippen molar-refractivity contribution >= 4 is 0 Å². The van der Waals surface area contributed by atoms with E-state index in [-0.39, 0.29) is 0 Å². The number of rotatable bonds is 32. The van der Waals surface area contributed by atoms with Gasteiger partial charge in [-0.15, -0.1) is 12.8 Å². The van der Waals surface area contributed by atoms with Crippen LogP contribution in [0.15, 0.2) is 48.6 Å². The molecule has 0 saturated carbocycles. The minimum absolute atomic E-state index is 0.768. The minimum Gasteiger partial charge on any atom is -0.377 e. The lowest BCUT2D eigenvalue weighted by Gasteiger charge is -2.03. The second kappa shape index (κ2) is 41.3. The van der Waals surface area contributed by atoms with Crippen LogP contribution in [0, 0.1) is 48.4 Å². The van der Waals surface area contributed by atoms with E-state index in [2.05, 4.69) is 65.9 Å². The van der Waals surface area contributed by atoms with Gasteiger partial charge in [0.1, 0.15) is 6.10 Å². The molecule has 0 fully saturated rings. The van der Waals surface area contributed by atoms with E-state index in [1.165, 1.54) is 116 Å². The van der Waals surface area contributed by atoms with Gasteiger partial charge in [0.25, 0.3) is 0 Å². The normalized spacial score (nSPS) is 12.6. The molecule has 2 unspecified atom stereocenters. The maximum absolute atomic E-state index is 9.91. The van der Waals surface area contributed by atoms with Crippen molar-refractivity contribution in [3.8, 4) is 48.4 Å². The fraction of sp³-hybridized carbons (Fsp3) is 0.660. The van der Waals surface area contributed by atoms with Gasteiger partial charge < -0.3 is 10.2 Å². The van der Waals surface area contributed by atoms with Gasteiger partial charge in [-0.3, -0.25) is 0 Å². The molecule has 272 valence electrons. The average molecular weight is 669 g/mol. The Bertz CT molecular complexity index is 1040. The predicted octanol–water partition coefficient (Wildman–Crippen LogP) is 12.5. The van der Waals surface area contributed by atoms with Gasteiger partial charge in [-0.05, 0) is 102 Å². The first-order valence-corrected chi connectivity index (χ1v) is 20.1. The number of terminal acetylenes is 2. The summed E-state index contributed by atoms with van der Waals surface area (Å²) >= 11 is 0. The van der Waals surface area contributed by atoms with Crippen LogP contribution in [-0.2, 0) is 0 Å². The molecular weight excluding hydrogens is 597 g/mol. The number of hydrogen-bond donors (Lipinski definition) is 2. The van der Waals surface area contributed by atoms with E-state index in [1.807, 2.05) is 12.2 Å². The Balaban J connectivity index is 3.40. The van der Waals surface area contributed by atoms with Crippen molar-refractivity contribution in [3.63, 3.8) is 0 Å². The highest BCUT2D eigenvalue weighted by Gasteiger charge is 1.95. The molecule has 0 heterocycles. The summed E-state index contributed by atoms with van der Waals surface area (Å²) in [6, 6.07) is 0. The molecule has 49 heavy (non-hydrogen) atoms. The number of hydrogen-bond acceptors (Lipinski definition) is 2. The van der Waals surface area contributed by atoms with Gasteiger partial charge in [0, 0.05) is 12.8 Å². The lowest BCUT2D eigenvalue weighted by atomic mass is 10.0. The summed E-state index contributed by atoms with van der Waals surface area (Å²) < 4.78 is 0. The topological polar surface area (TPSA) is 40.5 Å². The van der Waals surface area contributed by atoms with Crippen LogP contribution < -0.4 is 0 Å². The third-order valence-electron chi connectivity index (χ3n) is 8.59. The van der Waals surface area contributed by atoms with Crippen LogP contribution in [0.1, 0.15) is 186 Å². The molecule has 0 rings (SSSR count). The predicted molar refractivity (Wildman–Crippen MR) is 216 cm³/mol. The van der Waals surface area contributed by atoms with E-state index in [1.54, 1.807) is 6.08 Å². The molecule has 0 saturated heterocycles. The molecule has 0 aliphatic carbocycles. The van der Waals surface area contributed by atoms with E-state index in [0.29, 0.717) is 0 Å². The Labute approximate surface area is 304 Å². The largest absolute Gasteiger partial charge is 0.377 e. The van der Waals surface area contributed by atoms with E-state index in [0.717, 1.165) is 70.6 Å². The summed E-state index contributed by atoms with van der Waals surface area (Å²) in [5.74, 6) is 16.6. The van der Waals surface area contributed by atoms with Gasteiger partial charge in [-0.25, -0.2) is 0 Å². The SMILES string of the molecule is C#CC=CCCCCCCCCCCCCCCCC=CCCCCC=CCCCCC#CC(O)C#CCCCCCCC=CC(O)C#C. The zero-order chi connectivity index (χ0) is 35.6. The number of unbranched alkanes of at least 4 members (excludes halogenated alkanes) is 25. The van der Waals surface area contributed by atoms with Crippen molar-refractivity contribution in [1.82, 2.24) is 0 Å². The summed E-state index contributed by atoms with van der Waals surface area (Å²) in [4.78, 5) is 0. The Hall–Kier alpha value is -2.88. The Morgan fingerprint density at radius 2 is 0.735 bits per heavy atom. The average Bonchev–Trinajstić information content (AvgIpc) is 3.11. The van der Waals surface area contributed by atoms with Crippen LogP contribution in [0.2, 0.25) is 0 Å². The Morgan fingerprint density at radius 3 is 1.16 bits per heavy atom. The van der Waals surface area contributed by atoms with Gasteiger partial charge in [0.15, 0.2) is 6.10 Å². The van der Waals surface area contributed by atoms with Crippen LogP contribution >= 0.6 is 0 Å². The van der Waals surface area contributed by atoms with Crippen LogP contribution in [0.3, 0.4) is 0 Å². The van der Waals surface area contributed by atoms with E-state index >= 15 is 0 Å². The number of aliphatic hydroxyl groups excluding tert-OH is 2. The van der Waals surface area contributed by atoms with Gasteiger partial charge >= 0.3 is 0 Å². The first kappa shape index (κ1) is 46.1. The van der Waals surface area contributed by atoms with Crippen molar-refractivity contribution < 1.29 is 10.2 Å². The molecule has 0 aromatic rings. The first-order valence-electron chi connectivity index (χ1n) is 20.1. The highest BCUT2D eigenvalue weighted by molar-refractivity contribution is 5.19. The highest BCUT2D eigenvalue weighted by Crippen LogP contribution is 2.14. The molecule has 2 heteroatoms. The third kappa shape index (κ3) is 41.2. The van der Waals surface area contributed by atoms with E-state index in [9.17, 15) is 10.2 Å². The molecule has 0 bridgehead atoms. The summed E-state index contributed by atoms with van der Waals surface area (Å²) in [6.45, 7) is 0. The standard InChI is InChI=1S/C47H72O2/c1-3-5-6-7-8-9-10-11-12-13-14-15-16-17-18-19-20-21-22-23-24-25-26-27-28-29-30-31-35-38-41-44-47(49)45-42-39-36-33-32-34-37-40-43-46(48)4-2/h1-2,5-6,22-23,28-29,40,43,46-49H,7-21,24-27,30-39H2. The molecule has 0 aliphatic heterocycles.